The van der Waals surface area contributed by atoms with Crippen LogP contribution in [0.15, 0.2) is 35.0 Å². The summed E-state index contributed by atoms with van der Waals surface area (Å²) in [5.74, 6) is 0.0197. The van der Waals surface area contributed by atoms with Crippen molar-refractivity contribution in [3.05, 3.63) is 58.3 Å². The Morgan fingerprint density at radius 1 is 1.20 bits per heavy atom. The number of furan rings is 1. The number of benzene rings is 1. The minimum atomic E-state index is -0.263. The summed E-state index contributed by atoms with van der Waals surface area (Å²) in [4.78, 5) is 20.7. The number of carbonyl (C=O) groups excluding carboxylic acids is 1. The monoisotopic (exact) mass is 286 g/mol. The fourth-order valence-electron chi connectivity index (χ4n) is 2.15. The van der Waals surface area contributed by atoms with Crippen LogP contribution in [0.25, 0.3) is 11.0 Å². The van der Waals surface area contributed by atoms with Gasteiger partial charge in [0.15, 0.2) is 5.76 Å². The quantitative estimate of drug-likeness (QED) is 0.674. The highest BCUT2D eigenvalue weighted by molar-refractivity contribution is 6.31. The third kappa shape index (κ3) is 1.98. The molecule has 0 saturated heterocycles. The molecular formula is C15H11ClN2O2. The van der Waals surface area contributed by atoms with Gasteiger partial charge in [0.2, 0.25) is 5.78 Å². The van der Waals surface area contributed by atoms with Crippen LogP contribution in [0.5, 0.6) is 0 Å². The Bertz CT molecular complexity index is 824. The first-order valence-electron chi connectivity index (χ1n) is 6.09. The Balaban J connectivity index is 2.18. The summed E-state index contributed by atoms with van der Waals surface area (Å²) in [6.07, 6.45) is 3.05. The third-order valence-electron chi connectivity index (χ3n) is 3.20. The van der Waals surface area contributed by atoms with Crippen LogP contribution in [-0.2, 0) is 0 Å². The molecule has 0 radical (unpaired) electrons. The second kappa shape index (κ2) is 4.72. The van der Waals surface area contributed by atoms with Gasteiger partial charge in [0.05, 0.1) is 5.69 Å². The standard InChI is InChI=1S/C15H11ClN2O2/c1-8-11-7-10(16)3-4-12(11)20-15(8)14(19)13-9(2)17-5-6-18-13/h3-7H,1-2H3. The molecule has 0 amide bonds. The molecule has 5 heteroatoms. The van der Waals surface area contributed by atoms with E-state index in [4.69, 9.17) is 16.0 Å². The topological polar surface area (TPSA) is 56.0 Å². The molecule has 0 unspecified atom stereocenters. The fraction of sp³-hybridized carbons (Fsp3) is 0.133. The predicted molar refractivity (Wildman–Crippen MR) is 76.2 cm³/mol. The minimum absolute atomic E-state index is 0.263. The van der Waals surface area contributed by atoms with Gasteiger partial charge in [-0.25, -0.2) is 4.98 Å². The average molecular weight is 287 g/mol. The molecule has 0 aliphatic carbocycles. The molecule has 0 bridgehead atoms. The van der Waals surface area contributed by atoms with E-state index >= 15 is 0 Å². The Labute approximate surface area is 120 Å². The van der Waals surface area contributed by atoms with E-state index in [1.54, 1.807) is 31.3 Å². The zero-order valence-electron chi connectivity index (χ0n) is 11.0. The number of aryl methyl sites for hydroxylation is 2. The van der Waals surface area contributed by atoms with E-state index < -0.39 is 0 Å². The second-order valence-electron chi connectivity index (χ2n) is 4.52. The van der Waals surface area contributed by atoms with E-state index in [1.807, 2.05) is 6.92 Å². The molecule has 2 aromatic heterocycles. The summed E-state index contributed by atoms with van der Waals surface area (Å²) in [5, 5.41) is 1.44. The number of halogens is 1. The van der Waals surface area contributed by atoms with Crippen molar-refractivity contribution in [1.29, 1.82) is 0 Å². The van der Waals surface area contributed by atoms with Gasteiger partial charge in [-0.3, -0.25) is 9.78 Å². The highest BCUT2D eigenvalue weighted by Crippen LogP contribution is 2.29. The molecular weight excluding hydrogens is 276 g/mol. The summed E-state index contributed by atoms with van der Waals surface area (Å²) < 4.78 is 5.65. The lowest BCUT2D eigenvalue weighted by Crippen LogP contribution is -2.07. The molecule has 3 rings (SSSR count). The van der Waals surface area contributed by atoms with Crippen LogP contribution < -0.4 is 0 Å². The Hall–Kier alpha value is -2.20. The van der Waals surface area contributed by atoms with Crippen molar-refractivity contribution in [1.82, 2.24) is 9.97 Å². The number of carbonyl (C=O) groups is 1. The molecule has 20 heavy (non-hydrogen) atoms. The summed E-state index contributed by atoms with van der Waals surface area (Å²) in [6.45, 7) is 3.58. The van der Waals surface area contributed by atoms with Crippen LogP contribution in [-0.4, -0.2) is 15.8 Å². The lowest BCUT2D eigenvalue weighted by Gasteiger charge is -2.00. The van der Waals surface area contributed by atoms with Crippen LogP contribution >= 0.6 is 11.6 Å². The van der Waals surface area contributed by atoms with Crippen molar-refractivity contribution in [2.75, 3.05) is 0 Å². The van der Waals surface area contributed by atoms with Crippen molar-refractivity contribution in [3.63, 3.8) is 0 Å². The molecule has 0 atom stereocenters. The summed E-state index contributed by atoms with van der Waals surface area (Å²) in [5.41, 5.74) is 2.28. The van der Waals surface area contributed by atoms with Crippen LogP contribution in [0.1, 0.15) is 27.5 Å². The van der Waals surface area contributed by atoms with Crippen molar-refractivity contribution in [2.45, 2.75) is 13.8 Å². The van der Waals surface area contributed by atoms with Gasteiger partial charge < -0.3 is 4.42 Å². The number of hydrogen-bond donors (Lipinski definition) is 0. The maximum atomic E-state index is 12.5. The van der Waals surface area contributed by atoms with Crippen LogP contribution in [0.3, 0.4) is 0 Å². The van der Waals surface area contributed by atoms with Crippen molar-refractivity contribution < 1.29 is 9.21 Å². The zero-order chi connectivity index (χ0) is 14.3. The first-order valence-corrected chi connectivity index (χ1v) is 6.46. The van der Waals surface area contributed by atoms with Crippen LogP contribution in [0.4, 0.5) is 0 Å². The summed E-state index contributed by atoms with van der Waals surface area (Å²) in [6, 6.07) is 5.27. The maximum absolute atomic E-state index is 12.5. The molecule has 0 aliphatic heterocycles. The number of rotatable bonds is 2. The average Bonchev–Trinajstić information content (AvgIpc) is 2.76. The number of fused-ring (bicyclic) bond motifs is 1. The van der Waals surface area contributed by atoms with Crippen LogP contribution in [0, 0.1) is 13.8 Å². The molecule has 0 spiro atoms. The van der Waals surface area contributed by atoms with Crippen molar-refractivity contribution in [3.8, 4) is 0 Å². The Morgan fingerprint density at radius 3 is 2.70 bits per heavy atom. The molecule has 1 aromatic carbocycles. The maximum Gasteiger partial charge on any atom is 0.248 e. The largest absolute Gasteiger partial charge is 0.452 e. The minimum Gasteiger partial charge on any atom is -0.452 e. The number of hydrogen-bond acceptors (Lipinski definition) is 4. The molecule has 3 aromatic rings. The van der Waals surface area contributed by atoms with Gasteiger partial charge in [0.25, 0.3) is 0 Å². The van der Waals surface area contributed by atoms with E-state index in [2.05, 4.69) is 9.97 Å². The van der Waals surface area contributed by atoms with Gasteiger partial charge >= 0.3 is 0 Å². The molecule has 0 fully saturated rings. The Morgan fingerprint density at radius 2 is 1.95 bits per heavy atom. The van der Waals surface area contributed by atoms with E-state index in [-0.39, 0.29) is 11.5 Å². The predicted octanol–water partition coefficient (Wildman–Crippen LogP) is 3.72. The van der Waals surface area contributed by atoms with Gasteiger partial charge in [-0.2, -0.15) is 0 Å². The second-order valence-corrected chi connectivity index (χ2v) is 4.95. The number of ketones is 1. The first kappa shape index (κ1) is 12.8. The van der Waals surface area contributed by atoms with Gasteiger partial charge in [-0.15, -0.1) is 0 Å². The van der Waals surface area contributed by atoms with Gasteiger partial charge in [-0.05, 0) is 32.0 Å². The molecule has 0 aliphatic rings. The Kier molecular flexibility index (Phi) is 3.03. The van der Waals surface area contributed by atoms with Crippen molar-refractivity contribution in [2.24, 2.45) is 0 Å². The lowest BCUT2D eigenvalue weighted by atomic mass is 10.1. The van der Waals surface area contributed by atoms with E-state index in [9.17, 15) is 4.79 Å². The van der Waals surface area contributed by atoms with Crippen molar-refractivity contribution >= 4 is 28.4 Å². The fourth-order valence-corrected chi connectivity index (χ4v) is 2.32. The highest BCUT2D eigenvalue weighted by atomic mass is 35.5. The summed E-state index contributed by atoms with van der Waals surface area (Å²) >= 11 is 5.97. The van der Waals surface area contributed by atoms with Crippen LogP contribution in [0.2, 0.25) is 5.02 Å². The normalized spacial score (nSPS) is 10.9. The molecule has 4 nitrogen and oxygen atoms in total. The zero-order valence-corrected chi connectivity index (χ0v) is 11.7. The molecule has 0 N–H and O–H groups in total. The van der Waals surface area contributed by atoms with Gasteiger partial charge in [0.1, 0.15) is 11.3 Å². The highest BCUT2D eigenvalue weighted by Gasteiger charge is 2.22. The van der Waals surface area contributed by atoms with E-state index in [0.29, 0.717) is 22.0 Å². The SMILES string of the molecule is Cc1nccnc1C(=O)c1oc2ccc(Cl)cc2c1C. The number of nitrogens with zero attached hydrogens (tertiary/aromatic N) is 2. The summed E-state index contributed by atoms with van der Waals surface area (Å²) in [7, 11) is 0. The first-order chi connectivity index (χ1) is 9.58. The number of aromatic nitrogens is 2. The molecule has 0 saturated carbocycles. The third-order valence-corrected chi connectivity index (χ3v) is 3.44. The van der Waals surface area contributed by atoms with Gasteiger partial charge in [0, 0.05) is 28.4 Å². The molecule has 2 heterocycles. The van der Waals surface area contributed by atoms with E-state index in [1.165, 1.54) is 6.20 Å². The lowest BCUT2D eigenvalue weighted by molar-refractivity contribution is 0.100. The smallest absolute Gasteiger partial charge is 0.248 e. The molecule has 100 valence electrons. The van der Waals surface area contributed by atoms with E-state index in [0.717, 1.165) is 10.9 Å². The van der Waals surface area contributed by atoms with Gasteiger partial charge in [-0.1, -0.05) is 11.6 Å².